The smallest absolute Gasteiger partial charge is 0.227 e. The van der Waals surface area contributed by atoms with Crippen LogP contribution < -0.4 is 10.2 Å². The van der Waals surface area contributed by atoms with Gasteiger partial charge < -0.3 is 15.1 Å². The number of rotatable bonds is 8. The number of aromatic nitrogens is 2. The van der Waals surface area contributed by atoms with Crippen molar-refractivity contribution >= 4 is 22.7 Å². The van der Waals surface area contributed by atoms with Gasteiger partial charge in [-0.05, 0) is 95.3 Å². The largest absolute Gasteiger partial charge is 0.369 e. The molecule has 4 rings (SSSR count). The normalized spacial score (nSPS) is 17.7. The highest BCUT2D eigenvalue weighted by Gasteiger charge is 2.18. The monoisotopic (exact) mass is 381 g/mol. The van der Waals surface area contributed by atoms with Gasteiger partial charge in [-0.2, -0.15) is 4.98 Å². The lowest BCUT2D eigenvalue weighted by Gasteiger charge is -2.18. The molecule has 1 aromatic carbocycles. The quantitative estimate of drug-likeness (QED) is 0.681. The van der Waals surface area contributed by atoms with Gasteiger partial charge in [0.05, 0.1) is 5.52 Å². The Labute approximate surface area is 169 Å². The molecule has 152 valence electrons. The van der Waals surface area contributed by atoms with Crippen LogP contribution in [-0.4, -0.2) is 54.1 Å². The molecule has 2 aliphatic rings. The van der Waals surface area contributed by atoms with Crippen molar-refractivity contribution in [3.05, 3.63) is 23.3 Å². The number of nitrogens with zero attached hydrogens (tertiary/aromatic N) is 4. The molecule has 2 aliphatic heterocycles. The van der Waals surface area contributed by atoms with Gasteiger partial charge in [0, 0.05) is 25.0 Å². The molecule has 2 saturated heterocycles. The number of hydrogen-bond donors (Lipinski definition) is 1. The van der Waals surface area contributed by atoms with Crippen LogP contribution in [0, 0.1) is 13.8 Å². The van der Waals surface area contributed by atoms with Crippen LogP contribution in [0.5, 0.6) is 0 Å². The molecular formula is C23H35N5. The van der Waals surface area contributed by atoms with Crippen molar-refractivity contribution < 1.29 is 0 Å². The summed E-state index contributed by atoms with van der Waals surface area (Å²) in [7, 11) is 0. The van der Waals surface area contributed by atoms with Crippen molar-refractivity contribution in [2.45, 2.75) is 58.8 Å². The second-order valence-corrected chi connectivity index (χ2v) is 8.56. The molecule has 0 radical (unpaired) electrons. The molecule has 1 N–H and O–H groups in total. The average molecular weight is 382 g/mol. The SMILES string of the molecule is Cc1cc2nc(N3CCCC3)nc(NCCCCCN3CCCC3)c2cc1C. The summed E-state index contributed by atoms with van der Waals surface area (Å²) in [6, 6.07) is 4.46. The predicted molar refractivity (Wildman–Crippen MR) is 118 cm³/mol. The summed E-state index contributed by atoms with van der Waals surface area (Å²) in [6.07, 6.45) is 9.06. The second kappa shape index (κ2) is 9.08. The van der Waals surface area contributed by atoms with Crippen LogP contribution in [0.1, 0.15) is 56.1 Å². The lowest BCUT2D eigenvalue weighted by atomic mass is 10.1. The van der Waals surface area contributed by atoms with Crippen LogP contribution in [0.2, 0.25) is 0 Å². The minimum absolute atomic E-state index is 0.893. The summed E-state index contributed by atoms with van der Waals surface area (Å²) in [4.78, 5) is 14.8. The first-order valence-corrected chi connectivity index (χ1v) is 11.2. The van der Waals surface area contributed by atoms with Gasteiger partial charge in [-0.1, -0.05) is 6.42 Å². The highest BCUT2D eigenvalue weighted by Crippen LogP contribution is 2.28. The van der Waals surface area contributed by atoms with Crippen molar-refractivity contribution in [3.8, 4) is 0 Å². The average Bonchev–Trinajstić information content (AvgIpc) is 3.39. The Morgan fingerprint density at radius 2 is 1.57 bits per heavy atom. The van der Waals surface area contributed by atoms with Crippen molar-refractivity contribution in [2.24, 2.45) is 0 Å². The minimum Gasteiger partial charge on any atom is -0.369 e. The molecular weight excluding hydrogens is 346 g/mol. The van der Waals surface area contributed by atoms with E-state index >= 15 is 0 Å². The number of nitrogens with one attached hydrogen (secondary N) is 1. The highest BCUT2D eigenvalue weighted by atomic mass is 15.3. The zero-order valence-corrected chi connectivity index (χ0v) is 17.6. The maximum atomic E-state index is 4.93. The summed E-state index contributed by atoms with van der Waals surface area (Å²) >= 11 is 0. The first-order chi connectivity index (χ1) is 13.7. The third kappa shape index (κ3) is 4.57. The Morgan fingerprint density at radius 3 is 2.36 bits per heavy atom. The zero-order chi connectivity index (χ0) is 19.3. The molecule has 5 heteroatoms. The number of anilines is 2. The summed E-state index contributed by atoms with van der Waals surface area (Å²) in [5, 5.41) is 4.79. The van der Waals surface area contributed by atoms with E-state index in [9.17, 15) is 0 Å². The standard InChI is InChI=1S/C23H35N5/c1-18-16-20-21(17-19(18)2)25-23(28-14-8-9-15-28)26-22(20)24-10-4-3-5-11-27-12-6-7-13-27/h16-17H,3-15H2,1-2H3,(H,24,25,26). The molecule has 0 amide bonds. The van der Waals surface area contributed by atoms with Crippen molar-refractivity contribution in [1.82, 2.24) is 14.9 Å². The molecule has 0 unspecified atom stereocenters. The number of hydrogen-bond acceptors (Lipinski definition) is 5. The predicted octanol–water partition coefficient (Wildman–Crippen LogP) is 4.52. The van der Waals surface area contributed by atoms with Crippen LogP contribution in [0.25, 0.3) is 10.9 Å². The molecule has 2 fully saturated rings. The summed E-state index contributed by atoms with van der Waals surface area (Å²) in [5.41, 5.74) is 3.67. The van der Waals surface area contributed by atoms with Gasteiger partial charge in [0.15, 0.2) is 0 Å². The first-order valence-electron chi connectivity index (χ1n) is 11.2. The maximum Gasteiger partial charge on any atom is 0.227 e. The van der Waals surface area contributed by atoms with Gasteiger partial charge in [-0.25, -0.2) is 4.98 Å². The van der Waals surface area contributed by atoms with Crippen LogP contribution in [0.3, 0.4) is 0 Å². The van der Waals surface area contributed by atoms with E-state index in [-0.39, 0.29) is 0 Å². The third-order valence-electron chi connectivity index (χ3n) is 6.33. The Morgan fingerprint density at radius 1 is 0.857 bits per heavy atom. The fraction of sp³-hybridized carbons (Fsp3) is 0.652. The topological polar surface area (TPSA) is 44.3 Å². The van der Waals surface area contributed by atoms with E-state index in [1.165, 1.54) is 75.7 Å². The lowest BCUT2D eigenvalue weighted by Crippen LogP contribution is -2.21. The third-order valence-corrected chi connectivity index (χ3v) is 6.33. The molecule has 0 spiro atoms. The van der Waals surface area contributed by atoms with Crippen LogP contribution in [0.4, 0.5) is 11.8 Å². The molecule has 5 nitrogen and oxygen atoms in total. The molecule has 0 bridgehead atoms. The molecule has 3 heterocycles. The Kier molecular flexibility index (Phi) is 6.30. The lowest BCUT2D eigenvalue weighted by molar-refractivity contribution is 0.329. The van der Waals surface area contributed by atoms with Gasteiger partial charge >= 0.3 is 0 Å². The van der Waals surface area contributed by atoms with Gasteiger partial charge in [0.1, 0.15) is 5.82 Å². The van der Waals surface area contributed by atoms with Gasteiger partial charge in [0.25, 0.3) is 0 Å². The van der Waals surface area contributed by atoms with E-state index in [2.05, 4.69) is 41.1 Å². The fourth-order valence-electron chi connectivity index (χ4n) is 4.42. The molecule has 1 aromatic heterocycles. The van der Waals surface area contributed by atoms with E-state index in [4.69, 9.17) is 9.97 Å². The van der Waals surface area contributed by atoms with E-state index in [1.807, 2.05) is 0 Å². The zero-order valence-electron chi connectivity index (χ0n) is 17.6. The maximum absolute atomic E-state index is 4.93. The van der Waals surface area contributed by atoms with Crippen molar-refractivity contribution in [3.63, 3.8) is 0 Å². The number of fused-ring (bicyclic) bond motifs is 1. The Balaban J connectivity index is 1.41. The fourth-order valence-corrected chi connectivity index (χ4v) is 4.42. The highest BCUT2D eigenvalue weighted by molar-refractivity contribution is 5.91. The van der Waals surface area contributed by atoms with Crippen LogP contribution >= 0.6 is 0 Å². The number of benzene rings is 1. The summed E-state index contributed by atoms with van der Waals surface area (Å²) in [5.74, 6) is 1.90. The molecule has 0 aliphatic carbocycles. The molecule has 0 atom stereocenters. The Hall–Kier alpha value is -1.88. The van der Waals surface area contributed by atoms with Crippen LogP contribution in [-0.2, 0) is 0 Å². The minimum atomic E-state index is 0.893. The number of unbranched alkanes of at least 4 members (excludes halogenated alkanes) is 2. The molecule has 28 heavy (non-hydrogen) atoms. The van der Waals surface area contributed by atoms with E-state index in [0.717, 1.165) is 42.3 Å². The van der Waals surface area contributed by atoms with E-state index in [1.54, 1.807) is 0 Å². The number of aryl methyl sites for hydroxylation is 2. The van der Waals surface area contributed by atoms with Crippen molar-refractivity contribution in [1.29, 1.82) is 0 Å². The summed E-state index contributed by atoms with van der Waals surface area (Å²) < 4.78 is 0. The van der Waals surface area contributed by atoms with Gasteiger partial charge in [0.2, 0.25) is 5.95 Å². The van der Waals surface area contributed by atoms with Crippen LogP contribution in [0.15, 0.2) is 12.1 Å². The first kappa shape index (κ1) is 19.4. The van der Waals surface area contributed by atoms with Crippen molar-refractivity contribution in [2.75, 3.05) is 49.5 Å². The summed E-state index contributed by atoms with van der Waals surface area (Å²) in [6.45, 7) is 11.4. The van der Waals surface area contributed by atoms with Gasteiger partial charge in [-0.3, -0.25) is 0 Å². The van der Waals surface area contributed by atoms with Gasteiger partial charge in [-0.15, -0.1) is 0 Å². The Bertz CT molecular complexity index is 791. The second-order valence-electron chi connectivity index (χ2n) is 8.56. The van der Waals surface area contributed by atoms with E-state index < -0.39 is 0 Å². The molecule has 2 aromatic rings. The van der Waals surface area contributed by atoms with E-state index in [0.29, 0.717) is 0 Å². The molecule has 0 saturated carbocycles. The number of likely N-dealkylation sites (tertiary alicyclic amines) is 1.